The number of hydrogen-bond donors (Lipinski definition) is 1. The second-order valence-corrected chi connectivity index (χ2v) is 7.34. The van der Waals surface area contributed by atoms with Crippen LogP contribution in [-0.2, 0) is 16.0 Å². The summed E-state index contributed by atoms with van der Waals surface area (Å²) in [5.74, 6) is 0.918. The van der Waals surface area contributed by atoms with E-state index in [-0.39, 0.29) is 12.2 Å². The number of thiazole rings is 1. The summed E-state index contributed by atoms with van der Waals surface area (Å²) in [4.78, 5) is 12.6. The zero-order valence-corrected chi connectivity index (χ0v) is 15.0. The molecule has 6 nitrogen and oxygen atoms in total. The van der Waals surface area contributed by atoms with Gasteiger partial charge in [0.2, 0.25) is 0 Å². The lowest BCUT2D eigenvalue weighted by atomic mass is 10.1. The lowest BCUT2D eigenvalue weighted by Gasteiger charge is -2.37. The Bertz CT molecular complexity index is 535. The summed E-state index contributed by atoms with van der Waals surface area (Å²) in [7, 11) is 1.83. The van der Waals surface area contributed by atoms with E-state index in [1.54, 1.807) is 11.3 Å². The fourth-order valence-electron chi connectivity index (χ4n) is 3.09. The number of ether oxygens (including phenoxy) is 2. The van der Waals surface area contributed by atoms with Crippen LogP contribution in [0, 0.1) is 13.8 Å². The smallest absolute Gasteiger partial charge is 0.194 e. The molecule has 1 aromatic rings. The molecule has 0 radical (unpaired) electrons. The molecule has 0 amide bonds. The molecule has 2 atom stereocenters. The van der Waals surface area contributed by atoms with Crippen LogP contribution in [0.3, 0.4) is 0 Å². The van der Waals surface area contributed by atoms with Gasteiger partial charge in [0.05, 0.1) is 24.9 Å². The first-order valence-corrected chi connectivity index (χ1v) is 9.10. The molecule has 0 saturated carbocycles. The number of aryl methyl sites for hydroxylation is 2. The van der Waals surface area contributed by atoms with Crippen molar-refractivity contribution >= 4 is 17.3 Å². The average molecular weight is 338 g/mol. The van der Waals surface area contributed by atoms with E-state index < -0.39 is 0 Å². The molecule has 0 bridgehead atoms. The Labute approximate surface area is 141 Å². The van der Waals surface area contributed by atoms with Gasteiger partial charge in [-0.15, -0.1) is 11.3 Å². The zero-order chi connectivity index (χ0) is 16.2. The van der Waals surface area contributed by atoms with E-state index in [0.29, 0.717) is 6.54 Å². The standard InChI is InChI=1S/C16H26N4O2S/c1-11-12(2)23-15(19-11)9-18-16(17-3)20-6-8-22-14(10-20)13-5-4-7-21-13/h13-14H,4-10H2,1-3H3,(H,17,18). The Morgan fingerprint density at radius 1 is 1.35 bits per heavy atom. The van der Waals surface area contributed by atoms with E-state index in [1.807, 2.05) is 7.05 Å². The van der Waals surface area contributed by atoms with Gasteiger partial charge in [0.25, 0.3) is 0 Å². The average Bonchev–Trinajstić information content (AvgIpc) is 3.19. The topological polar surface area (TPSA) is 59.0 Å². The summed E-state index contributed by atoms with van der Waals surface area (Å²) in [6.07, 6.45) is 2.62. The largest absolute Gasteiger partial charge is 0.375 e. The molecule has 2 aliphatic rings. The number of hydrogen-bond acceptors (Lipinski definition) is 5. The highest BCUT2D eigenvalue weighted by atomic mass is 32.1. The number of rotatable bonds is 3. The minimum absolute atomic E-state index is 0.147. The lowest BCUT2D eigenvalue weighted by molar-refractivity contribution is -0.0817. The van der Waals surface area contributed by atoms with Gasteiger partial charge >= 0.3 is 0 Å². The third-order valence-electron chi connectivity index (χ3n) is 4.45. The molecular formula is C16H26N4O2S. The Morgan fingerprint density at radius 2 is 2.17 bits per heavy atom. The molecule has 0 aromatic carbocycles. The fourth-order valence-corrected chi connectivity index (χ4v) is 3.96. The second-order valence-electron chi connectivity index (χ2n) is 6.06. The molecule has 1 N–H and O–H groups in total. The number of guanidine groups is 1. The Hall–Kier alpha value is -1.18. The summed E-state index contributed by atoms with van der Waals surface area (Å²) < 4.78 is 11.7. The van der Waals surface area contributed by atoms with Crippen molar-refractivity contribution in [1.29, 1.82) is 0 Å². The SMILES string of the molecule is CN=C(NCc1nc(C)c(C)s1)N1CCOC(C2CCCO2)C1. The van der Waals surface area contributed by atoms with Crippen LogP contribution in [0.5, 0.6) is 0 Å². The Morgan fingerprint density at radius 3 is 2.83 bits per heavy atom. The van der Waals surface area contributed by atoms with Gasteiger partial charge in [0, 0.05) is 31.6 Å². The molecule has 2 aliphatic heterocycles. The van der Waals surface area contributed by atoms with Crippen molar-refractivity contribution in [3.8, 4) is 0 Å². The van der Waals surface area contributed by atoms with E-state index in [9.17, 15) is 0 Å². The van der Waals surface area contributed by atoms with E-state index in [1.165, 1.54) is 4.88 Å². The van der Waals surface area contributed by atoms with Crippen LogP contribution in [0.15, 0.2) is 4.99 Å². The van der Waals surface area contributed by atoms with Gasteiger partial charge in [-0.1, -0.05) is 0 Å². The first-order valence-electron chi connectivity index (χ1n) is 8.29. The summed E-state index contributed by atoms with van der Waals surface area (Å²) in [6, 6.07) is 0. The number of morpholine rings is 1. The van der Waals surface area contributed by atoms with Crippen molar-refractivity contribution < 1.29 is 9.47 Å². The summed E-state index contributed by atoms with van der Waals surface area (Å²) in [5.41, 5.74) is 1.12. The quantitative estimate of drug-likeness (QED) is 0.672. The van der Waals surface area contributed by atoms with Crippen molar-refractivity contribution in [3.63, 3.8) is 0 Å². The van der Waals surface area contributed by atoms with Gasteiger partial charge < -0.3 is 19.7 Å². The number of aromatic nitrogens is 1. The molecule has 2 unspecified atom stereocenters. The van der Waals surface area contributed by atoms with Crippen molar-refractivity contribution in [1.82, 2.24) is 15.2 Å². The van der Waals surface area contributed by atoms with Crippen LogP contribution in [0.2, 0.25) is 0 Å². The molecule has 2 saturated heterocycles. The van der Waals surface area contributed by atoms with Crippen molar-refractivity contribution in [2.24, 2.45) is 4.99 Å². The monoisotopic (exact) mass is 338 g/mol. The maximum atomic E-state index is 5.91. The van der Waals surface area contributed by atoms with E-state index in [2.05, 4.69) is 34.0 Å². The predicted molar refractivity (Wildman–Crippen MR) is 92.1 cm³/mol. The molecular weight excluding hydrogens is 312 g/mol. The highest BCUT2D eigenvalue weighted by molar-refractivity contribution is 7.11. The van der Waals surface area contributed by atoms with Gasteiger partial charge in [0.1, 0.15) is 11.1 Å². The Balaban J connectivity index is 1.56. The number of nitrogens with zero attached hydrogens (tertiary/aromatic N) is 3. The van der Waals surface area contributed by atoms with Gasteiger partial charge in [-0.3, -0.25) is 4.99 Å². The highest BCUT2D eigenvalue weighted by Gasteiger charge is 2.32. The van der Waals surface area contributed by atoms with Crippen LogP contribution in [0.1, 0.15) is 28.4 Å². The third kappa shape index (κ3) is 4.02. The first kappa shape index (κ1) is 16.7. The predicted octanol–water partition coefficient (Wildman–Crippen LogP) is 1.72. The zero-order valence-electron chi connectivity index (χ0n) is 14.2. The Kier molecular flexibility index (Phi) is 5.50. The second kappa shape index (κ2) is 7.59. The van der Waals surface area contributed by atoms with E-state index >= 15 is 0 Å². The maximum Gasteiger partial charge on any atom is 0.194 e. The van der Waals surface area contributed by atoms with Crippen molar-refractivity contribution in [2.45, 2.75) is 45.4 Å². The maximum absolute atomic E-state index is 5.91. The van der Waals surface area contributed by atoms with Crippen LogP contribution >= 0.6 is 11.3 Å². The molecule has 7 heteroatoms. The minimum Gasteiger partial charge on any atom is -0.375 e. The van der Waals surface area contributed by atoms with Crippen molar-refractivity contribution in [3.05, 3.63) is 15.6 Å². The molecule has 2 fully saturated rings. The number of nitrogens with one attached hydrogen (secondary N) is 1. The fraction of sp³-hybridized carbons (Fsp3) is 0.750. The summed E-state index contributed by atoms with van der Waals surface area (Å²) in [6.45, 7) is 8.16. The van der Waals surface area contributed by atoms with Crippen LogP contribution in [-0.4, -0.2) is 61.4 Å². The molecule has 128 valence electrons. The van der Waals surface area contributed by atoms with Gasteiger partial charge in [-0.2, -0.15) is 0 Å². The third-order valence-corrected chi connectivity index (χ3v) is 5.53. The number of aliphatic imine (C=N–C) groups is 1. The van der Waals surface area contributed by atoms with Crippen LogP contribution in [0.4, 0.5) is 0 Å². The molecule has 23 heavy (non-hydrogen) atoms. The lowest BCUT2D eigenvalue weighted by Crippen LogP contribution is -2.53. The summed E-state index contributed by atoms with van der Waals surface area (Å²) in [5, 5.41) is 4.54. The van der Waals surface area contributed by atoms with Crippen LogP contribution < -0.4 is 5.32 Å². The van der Waals surface area contributed by atoms with Crippen molar-refractivity contribution in [2.75, 3.05) is 33.4 Å². The van der Waals surface area contributed by atoms with Gasteiger partial charge in [-0.25, -0.2) is 4.98 Å². The van der Waals surface area contributed by atoms with Gasteiger partial charge in [0.15, 0.2) is 5.96 Å². The minimum atomic E-state index is 0.147. The van der Waals surface area contributed by atoms with E-state index in [0.717, 1.165) is 55.8 Å². The van der Waals surface area contributed by atoms with Crippen LogP contribution in [0.25, 0.3) is 0 Å². The normalized spacial score (nSPS) is 25.9. The van der Waals surface area contributed by atoms with Gasteiger partial charge in [-0.05, 0) is 26.7 Å². The first-order chi connectivity index (χ1) is 11.2. The molecule has 3 rings (SSSR count). The molecule has 0 aliphatic carbocycles. The molecule has 3 heterocycles. The highest BCUT2D eigenvalue weighted by Crippen LogP contribution is 2.21. The molecule has 1 aromatic heterocycles. The molecule has 0 spiro atoms. The van der Waals surface area contributed by atoms with E-state index in [4.69, 9.17) is 9.47 Å². The summed E-state index contributed by atoms with van der Waals surface area (Å²) >= 11 is 1.74.